The van der Waals surface area contributed by atoms with Gasteiger partial charge in [0.2, 0.25) is 0 Å². The van der Waals surface area contributed by atoms with Crippen LogP contribution in [-0.2, 0) is 0 Å². The van der Waals surface area contributed by atoms with Crippen LogP contribution in [0.1, 0.15) is 27.2 Å². The minimum absolute atomic E-state index is 0.460. The van der Waals surface area contributed by atoms with Crippen molar-refractivity contribution in [2.45, 2.75) is 33.2 Å². The Morgan fingerprint density at radius 3 is 2.89 bits per heavy atom. The fourth-order valence-electron chi connectivity index (χ4n) is 3.02. The molecule has 2 aromatic rings. The van der Waals surface area contributed by atoms with E-state index in [1.54, 1.807) is 0 Å². The number of piperidine rings is 1. The molecule has 0 spiro atoms. The molecule has 102 valence electrons. The summed E-state index contributed by atoms with van der Waals surface area (Å²) in [4.78, 5) is 6.88. The van der Waals surface area contributed by atoms with Gasteiger partial charge in [0.1, 0.15) is 5.52 Å². The Morgan fingerprint density at radius 2 is 2.11 bits per heavy atom. The molecule has 3 rings (SSSR count). The van der Waals surface area contributed by atoms with Crippen LogP contribution in [0.3, 0.4) is 0 Å². The first-order chi connectivity index (χ1) is 9.04. The molecule has 2 N–H and O–H groups in total. The SMILES string of the molecule is CC1CC(C)C(C)N(c2nc3cc(N)ccc3o2)C1. The Hall–Kier alpha value is -1.71. The monoisotopic (exact) mass is 259 g/mol. The van der Waals surface area contributed by atoms with Gasteiger partial charge in [0, 0.05) is 18.3 Å². The highest BCUT2D eigenvalue weighted by molar-refractivity contribution is 5.78. The highest BCUT2D eigenvalue weighted by Crippen LogP contribution is 2.32. The van der Waals surface area contributed by atoms with Crippen LogP contribution in [-0.4, -0.2) is 17.6 Å². The molecule has 1 aromatic carbocycles. The lowest BCUT2D eigenvalue weighted by Crippen LogP contribution is -2.46. The van der Waals surface area contributed by atoms with Gasteiger partial charge in [-0.3, -0.25) is 0 Å². The lowest BCUT2D eigenvalue weighted by molar-refractivity contribution is 0.285. The van der Waals surface area contributed by atoms with Gasteiger partial charge in [-0.1, -0.05) is 13.8 Å². The van der Waals surface area contributed by atoms with E-state index in [-0.39, 0.29) is 0 Å². The van der Waals surface area contributed by atoms with Crippen LogP contribution in [0.15, 0.2) is 22.6 Å². The van der Waals surface area contributed by atoms with Crippen LogP contribution in [0.2, 0.25) is 0 Å². The number of fused-ring (bicyclic) bond motifs is 1. The smallest absolute Gasteiger partial charge is 0.298 e. The minimum atomic E-state index is 0.460. The van der Waals surface area contributed by atoms with Crippen LogP contribution in [0.25, 0.3) is 11.1 Å². The number of anilines is 2. The standard InChI is InChI=1S/C15H21N3O/c1-9-6-10(2)11(3)18(8-9)15-17-13-7-12(16)4-5-14(13)19-15/h4-5,7,9-11H,6,8,16H2,1-3H3. The van der Waals surface area contributed by atoms with Crippen LogP contribution in [0.5, 0.6) is 0 Å². The topological polar surface area (TPSA) is 55.3 Å². The summed E-state index contributed by atoms with van der Waals surface area (Å²) in [5, 5.41) is 0. The van der Waals surface area contributed by atoms with E-state index in [9.17, 15) is 0 Å². The van der Waals surface area contributed by atoms with Crippen molar-refractivity contribution in [2.24, 2.45) is 11.8 Å². The third kappa shape index (κ3) is 2.15. The zero-order valence-corrected chi connectivity index (χ0v) is 11.8. The summed E-state index contributed by atoms with van der Waals surface area (Å²) in [5.74, 6) is 1.33. The first-order valence-corrected chi connectivity index (χ1v) is 6.97. The maximum absolute atomic E-state index is 5.89. The van der Waals surface area contributed by atoms with E-state index in [4.69, 9.17) is 10.2 Å². The average molecular weight is 259 g/mol. The number of oxazole rings is 1. The van der Waals surface area contributed by atoms with Crippen molar-refractivity contribution in [1.82, 2.24) is 4.98 Å². The van der Waals surface area contributed by atoms with Gasteiger partial charge >= 0.3 is 0 Å². The molecule has 1 saturated heterocycles. The summed E-state index contributed by atoms with van der Waals surface area (Å²) in [6.07, 6.45) is 1.27. The zero-order chi connectivity index (χ0) is 13.6. The summed E-state index contributed by atoms with van der Waals surface area (Å²) in [6, 6.07) is 6.79. The number of rotatable bonds is 1. The lowest BCUT2D eigenvalue weighted by atomic mass is 9.86. The van der Waals surface area contributed by atoms with E-state index in [1.807, 2.05) is 18.2 Å². The Balaban J connectivity index is 1.98. The van der Waals surface area contributed by atoms with Crippen molar-refractivity contribution in [3.8, 4) is 0 Å². The van der Waals surface area contributed by atoms with Gasteiger partial charge in [0.05, 0.1) is 0 Å². The van der Waals surface area contributed by atoms with Gasteiger partial charge in [0.25, 0.3) is 6.01 Å². The molecular weight excluding hydrogens is 238 g/mol. The Kier molecular flexibility index (Phi) is 2.88. The zero-order valence-electron chi connectivity index (χ0n) is 11.8. The summed E-state index contributed by atoms with van der Waals surface area (Å²) in [6.45, 7) is 7.84. The minimum Gasteiger partial charge on any atom is -0.423 e. The van der Waals surface area contributed by atoms with Crippen molar-refractivity contribution in [3.05, 3.63) is 18.2 Å². The number of nitrogens with two attached hydrogens (primary N) is 1. The number of aromatic nitrogens is 1. The van der Waals surface area contributed by atoms with E-state index < -0.39 is 0 Å². The van der Waals surface area contributed by atoms with Gasteiger partial charge in [-0.15, -0.1) is 0 Å². The molecule has 3 atom stereocenters. The van der Waals surface area contributed by atoms with Crippen LogP contribution < -0.4 is 10.6 Å². The van der Waals surface area contributed by atoms with Gasteiger partial charge in [-0.25, -0.2) is 0 Å². The second-order valence-electron chi connectivity index (χ2n) is 5.93. The summed E-state index contributed by atoms with van der Waals surface area (Å²) in [7, 11) is 0. The van der Waals surface area contributed by atoms with E-state index in [2.05, 4.69) is 30.7 Å². The molecule has 19 heavy (non-hydrogen) atoms. The van der Waals surface area contributed by atoms with E-state index in [0.717, 1.165) is 29.3 Å². The largest absolute Gasteiger partial charge is 0.423 e. The molecule has 0 amide bonds. The molecule has 0 bridgehead atoms. The second-order valence-corrected chi connectivity index (χ2v) is 5.93. The molecule has 1 aromatic heterocycles. The van der Waals surface area contributed by atoms with Crippen molar-refractivity contribution in [2.75, 3.05) is 17.2 Å². The summed E-state index contributed by atoms with van der Waals surface area (Å²) in [5.41, 5.74) is 8.16. The van der Waals surface area contributed by atoms with Crippen LogP contribution in [0.4, 0.5) is 11.7 Å². The normalized spacial score (nSPS) is 27.9. The predicted molar refractivity (Wildman–Crippen MR) is 78.2 cm³/mol. The Labute approximate surface area is 113 Å². The molecule has 0 radical (unpaired) electrons. The lowest BCUT2D eigenvalue weighted by Gasteiger charge is -2.40. The Morgan fingerprint density at radius 1 is 1.32 bits per heavy atom. The molecule has 1 aliphatic heterocycles. The number of nitrogens with zero attached hydrogens (tertiary/aromatic N) is 2. The molecular formula is C15H21N3O. The molecule has 0 saturated carbocycles. The fourth-order valence-corrected chi connectivity index (χ4v) is 3.02. The quantitative estimate of drug-likeness (QED) is 0.798. The van der Waals surface area contributed by atoms with Gasteiger partial charge in [-0.05, 0) is 43.4 Å². The van der Waals surface area contributed by atoms with E-state index in [0.29, 0.717) is 17.9 Å². The summed E-state index contributed by atoms with van der Waals surface area (Å²) >= 11 is 0. The first kappa shape index (κ1) is 12.3. The first-order valence-electron chi connectivity index (χ1n) is 6.97. The highest BCUT2D eigenvalue weighted by atomic mass is 16.4. The van der Waals surface area contributed by atoms with Gasteiger partial charge in [0.15, 0.2) is 5.58 Å². The maximum atomic E-state index is 5.89. The molecule has 2 heterocycles. The fraction of sp³-hybridized carbons (Fsp3) is 0.533. The predicted octanol–water partition coefficient (Wildman–Crippen LogP) is 3.28. The third-order valence-electron chi connectivity index (χ3n) is 4.24. The summed E-state index contributed by atoms with van der Waals surface area (Å²) < 4.78 is 5.89. The van der Waals surface area contributed by atoms with Crippen molar-refractivity contribution < 1.29 is 4.42 Å². The van der Waals surface area contributed by atoms with Crippen LogP contribution >= 0.6 is 0 Å². The number of hydrogen-bond acceptors (Lipinski definition) is 4. The van der Waals surface area contributed by atoms with E-state index in [1.165, 1.54) is 6.42 Å². The molecule has 0 aliphatic carbocycles. The van der Waals surface area contributed by atoms with Gasteiger partial charge in [-0.2, -0.15) is 4.98 Å². The maximum Gasteiger partial charge on any atom is 0.298 e. The molecule has 4 heteroatoms. The molecule has 1 fully saturated rings. The molecule has 3 unspecified atom stereocenters. The second kappa shape index (κ2) is 4.44. The van der Waals surface area contributed by atoms with Crippen LogP contribution in [0, 0.1) is 11.8 Å². The average Bonchev–Trinajstić information content (AvgIpc) is 2.76. The Bertz CT molecular complexity index is 592. The van der Waals surface area contributed by atoms with E-state index >= 15 is 0 Å². The van der Waals surface area contributed by atoms with Crippen molar-refractivity contribution in [3.63, 3.8) is 0 Å². The third-order valence-corrected chi connectivity index (χ3v) is 4.24. The van der Waals surface area contributed by atoms with Crippen molar-refractivity contribution in [1.29, 1.82) is 0 Å². The van der Waals surface area contributed by atoms with Gasteiger partial charge < -0.3 is 15.1 Å². The van der Waals surface area contributed by atoms with Crippen molar-refractivity contribution >= 4 is 22.8 Å². The number of benzene rings is 1. The molecule has 4 nitrogen and oxygen atoms in total. The number of hydrogen-bond donors (Lipinski definition) is 1. The molecule has 1 aliphatic rings. The number of nitrogen functional groups attached to an aromatic ring is 1. The highest BCUT2D eigenvalue weighted by Gasteiger charge is 2.31.